The molecule has 0 aliphatic heterocycles. The summed E-state index contributed by atoms with van der Waals surface area (Å²) in [5, 5.41) is 0.223. The van der Waals surface area contributed by atoms with Crippen LogP contribution in [0.3, 0.4) is 0 Å². The zero-order valence-corrected chi connectivity index (χ0v) is 11.7. The smallest absolute Gasteiger partial charge is 0.242 e. The largest absolute Gasteiger partial charge is 0.349 e. The standard InChI is InChI=1S/C12H14ClN3O2S/c13-10-4-1-2-5-11(10)19(17,18)16-7-3-6-12-14-8-9-15-12/h1-2,4-5,8-9,16H,3,6-7H2,(H,14,15). The minimum absolute atomic E-state index is 0.106. The minimum atomic E-state index is -3.54. The van der Waals surface area contributed by atoms with E-state index in [9.17, 15) is 8.42 Å². The summed E-state index contributed by atoms with van der Waals surface area (Å²) in [4.78, 5) is 7.14. The van der Waals surface area contributed by atoms with Gasteiger partial charge in [0.15, 0.2) is 0 Å². The first-order chi connectivity index (χ1) is 9.09. The highest BCUT2D eigenvalue weighted by molar-refractivity contribution is 7.89. The Morgan fingerprint density at radius 1 is 1.32 bits per heavy atom. The van der Waals surface area contributed by atoms with Crippen LogP contribution in [0.2, 0.25) is 5.02 Å². The molecule has 1 aromatic heterocycles. The number of nitrogens with zero attached hydrogens (tertiary/aromatic N) is 1. The summed E-state index contributed by atoms with van der Waals surface area (Å²) < 4.78 is 26.5. The Balaban J connectivity index is 1.90. The number of aromatic amines is 1. The molecule has 19 heavy (non-hydrogen) atoms. The normalized spacial score (nSPS) is 11.6. The average Bonchev–Trinajstić information content (AvgIpc) is 2.88. The third-order valence-corrected chi connectivity index (χ3v) is 4.52. The fourth-order valence-electron chi connectivity index (χ4n) is 1.64. The third kappa shape index (κ3) is 3.79. The number of nitrogens with one attached hydrogen (secondary N) is 2. The molecule has 0 aliphatic rings. The zero-order valence-electron chi connectivity index (χ0n) is 10.1. The highest BCUT2D eigenvalue weighted by Gasteiger charge is 2.16. The molecule has 0 unspecified atom stereocenters. The van der Waals surface area contributed by atoms with Crippen molar-refractivity contribution < 1.29 is 8.42 Å². The first-order valence-electron chi connectivity index (χ1n) is 5.82. The van der Waals surface area contributed by atoms with Gasteiger partial charge in [0.2, 0.25) is 10.0 Å². The molecular weight excluding hydrogens is 286 g/mol. The molecule has 2 aromatic rings. The van der Waals surface area contributed by atoms with Crippen LogP contribution in [0.1, 0.15) is 12.2 Å². The maximum absolute atomic E-state index is 12.0. The Morgan fingerprint density at radius 2 is 2.11 bits per heavy atom. The highest BCUT2D eigenvalue weighted by atomic mass is 35.5. The Bertz CT molecular complexity index is 626. The topological polar surface area (TPSA) is 74.8 Å². The van der Waals surface area contributed by atoms with E-state index in [-0.39, 0.29) is 9.92 Å². The van der Waals surface area contributed by atoms with E-state index in [1.54, 1.807) is 30.6 Å². The van der Waals surface area contributed by atoms with Crippen LogP contribution in [0.15, 0.2) is 41.6 Å². The van der Waals surface area contributed by atoms with Gasteiger partial charge in [0.25, 0.3) is 0 Å². The molecule has 0 atom stereocenters. The van der Waals surface area contributed by atoms with Crippen molar-refractivity contribution >= 4 is 21.6 Å². The number of H-pyrrole nitrogens is 1. The summed E-state index contributed by atoms with van der Waals surface area (Å²) in [6.45, 7) is 0.342. The second-order valence-electron chi connectivity index (χ2n) is 3.97. The fraction of sp³-hybridized carbons (Fsp3) is 0.250. The highest BCUT2D eigenvalue weighted by Crippen LogP contribution is 2.19. The van der Waals surface area contributed by atoms with E-state index in [0.717, 1.165) is 5.82 Å². The number of aromatic nitrogens is 2. The molecule has 1 aromatic carbocycles. The molecule has 2 rings (SSSR count). The first kappa shape index (κ1) is 14.0. The molecule has 0 fully saturated rings. The number of sulfonamides is 1. The SMILES string of the molecule is O=S(=O)(NCCCc1ncc[nH]1)c1ccccc1Cl. The quantitative estimate of drug-likeness (QED) is 0.801. The number of halogens is 1. The van der Waals surface area contributed by atoms with Gasteiger partial charge in [0.05, 0.1) is 5.02 Å². The van der Waals surface area contributed by atoms with E-state index in [0.29, 0.717) is 19.4 Å². The summed E-state index contributed by atoms with van der Waals surface area (Å²) in [6.07, 6.45) is 4.77. The second kappa shape index (κ2) is 6.18. The molecule has 2 N–H and O–H groups in total. The van der Waals surface area contributed by atoms with E-state index in [4.69, 9.17) is 11.6 Å². The Kier molecular flexibility index (Phi) is 4.57. The van der Waals surface area contributed by atoms with Gasteiger partial charge in [-0.3, -0.25) is 0 Å². The van der Waals surface area contributed by atoms with Crippen LogP contribution < -0.4 is 4.72 Å². The maximum atomic E-state index is 12.0. The van der Waals surface area contributed by atoms with Crippen molar-refractivity contribution in [2.75, 3.05) is 6.54 Å². The maximum Gasteiger partial charge on any atom is 0.242 e. The Labute approximate surface area is 117 Å². The molecular formula is C12H14ClN3O2S. The van der Waals surface area contributed by atoms with Gasteiger partial charge >= 0.3 is 0 Å². The van der Waals surface area contributed by atoms with Crippen molar-refractivity contribution in [3.63, 3.8) is 0 Å². The van der Waals surface area contributed by atoms with E-state index < -0.39 is 10.0 Å². The van der Waals surface area contributed by atoms with Crippen LogP contribution >= 0.6 is 11.6 Å². The second-order valence-corrected chi connectivity index (χ2v) is 6.11. The predicted molar refractivity (Wildman–Crippen MR) is 73.5 cm³/mol. The van der Waals surface area contributed by atoms with Crippen molar-refractivity contribution in [3.8, 4) is 0 Å². The van der Waals surface area contributed by atoms with Gasteiger partial charge in [-0.25, -0.2) is 18.1 Å². The molecule has 1 heterocycles. The number of hydrogen-bond donors (Lipinski definition) is 2. The zero-order chi connectivity index (χ0) is 13.7. The fourth-order valence-corrected chi connectivity index (χ4v) is 3.23. The lowest BCUT2D eigenvalue weighted by atomic mass is 10.3. The van der Waals surface area contributed by atoms with Gasteiger partial charge in [-0.1, -0.05) is 23.7 Å². The van der Waals surface area contributed by atoms with Crippen molar-refractivity contribution in [1.29, 1.82) is 0 Å². The lowest BCUT2D eigenvalue weighted by molar-refractivity contribution is 0.578. The van der Waals surface area contributed by atoms with Crippen LogP contribution in [0.25, 0.3) is 0 Å². The number of rotatable bonds is 6. The van der Waals surface area contributed by atoms with E-state index in [1.807, 2.05) is 0 Å². The number of benzene rings is 1. The van der Waals surface area contributed by atoms with Crippen LogP contribution in [0.5, 0.6) is 0 Å². The molecule has 0 amide bonds. The third-order valence-electron chi connectivity index (χ3n) is 2.56. The molecule has 0 saturated carbocycles. The van der Waals surface area contributed by atoms with Crippen LogP contribution in [-0.4, -0.2) is 24.9 Å². The van der Waals surface area contributed by atoms with Crippen LogP contribution in [0, 0.1) is 0 Å². The molecule has 0 bridgehead atoms. The summed E-state index contributed by atoms with van der Waals surface area (Å²) >= 11 is 5.87. The predicted octanol–water partition coefficient (Wildman–Crippen LogP) is 1.97. The molecule has 0 saturated heterocycles. The lowest BCUT2D eigenvalue weighted by Crippen LogP contribution is -2.25. The van der Waals surface area contributed by atoms with E-state index in [1.165, 1.54) is 6.07 Å². The van der Waals surface area contributed by atoms with E-state index in [2.05, 4.69) is 14.7 Å². The number of aryl methyl sites for hydroxylation is 1. The summed E-state index contributed by atoms with van der Waals surface area (Å²) in [5.41, 5.74) is 0. The van der Waals surface area contributed by atoms with Gasteiger partial charge in [-0.05, 0) is 18.6 Å². The molecule has 0 radical (unpaired) electrons. The molecule has 102 valence electrons. The monoisotopic (exact) mass is 299 g/mol. The van der Waals surface area contributed by atoms with Crippen molar-refractivity contribution in [3.05, 3.63) is 47.5 Å². The minimum Gasteiger partial charge on any atom is -0.349 e. The summed E-state index contributed by atoms with van der Waals surface area (Å²) in [5.74, 6) is 0.844. The van der Waals surface area contributed by atoms with Crippen molar-refractivity contribution in [2.45, 2.75) is 17.7 Å². The number of imidazole rings is 1. The molecule has 5 nitrogen and oxygen atoms in total. The Hall–Kier alpha value is -1.37. The number of hydrogen-bond acceptors (Lipinski definition) is 3. The average molecular weight is 300 g/mol. The molecule has 0 aliphatic carbocycles. The summed E-state index contributed by atoms with van der Waals surface area (Å²) in [7, 11) is -3.54. The lowest BCUT2D eigenvalue weighted by Gasteiger charge is -2.07. The van der Waals surface area contributed by atoms with Gasteiger partial charge in [-0.2, -0.15) is 0 Å². The first-order valence-corrected chi connectivity index (χ1v) is 7.68. The molecule has 0 spiro atoms. The van der Waals surface area contributed by atoms with Crippen LogP contribution in [-0.2, 0) is 16.4 Å². The van der Waals surface area contributed by atoms with Crippen molar-refractivity contribution in [1.82, 2.24) is 14.7 Å². The van der Waals surface area contributed by atoms with Gasteiger partial charge < -0.3 is 4.98 Å². The Morgan fingerprint density at radius 3 is 2.79 bits per heavy atom. The van der Waals surface area contributed by atoms with Gasteiger partial charge in [0.1, 0.15) is 10.7 Å². The summed E-state index contributed by atoms with van der Waals surface area (Å²) in [6, 6.07) is 6.37. The van der Waals surface area contributed by atoms with E-state index >= 15 is 0 Å². The van der Waals surface area contributed by atoms with Gasteiger partial charge in [-0.15, -0.1) is 0 Å². The van der Waals surface area contributed by atoms with Crippen LogP contribution in [0.4, 0.5) is 0 Å². The van der Waals surface area contributed by atoms with Gasteiger partial charge in [0, 0.05) is 25.4 Å². The van der Waals surface area contributed by atoms with Crippen molar-refractivity contribution in [2.24, 2.45) is 0 Å². The molecule has 7 heteroatoms.